The number of anilines is 1. The Balaban J connectivity index is 1.50. The summed E-state index contributed by atoms with van der Waals surface area (Å²) < 4.78 is 36.2. The number of carbonyl (C=O) groups is 1. The zero-order valence-corrected chi connectivity index (χ0v) is 17.6. The van der Waals surface area contributed by atoms with Crippen molar-refractivity contribution in [2.45, 2.75) is 6.61 Å². The molecule has 2 aliphatic rings. The third-order valence-electron chi connectivity index (χ3n) is 6.18. The maximum Gasteiger partial charge on any atom is 0.268 e. The highest BCUT2D eigenvalue weighted by Crippen LogP contribution is 2.42. The normalized spacial score (nSPS) is 15.1. The van der Waals surface area contributed by atoms with Crippen molar-refractivity contribution in [1.82, 2.24) is 14.9 Å². The first-order valence-corrected chi connectivity index (χ1v) is 10.8. The molecule has 0 atom stereocenters. The lowest BCUT2D eigenvalue weighted by atomic mass is 10.1. The van der Waals surface area contributed by atoms with Crippen LogP contribution in [-0.4, -0.2) is 41.6 Å². The Morgan fingerprint density at radius 1 is 1.06 bits per heavy atom. The molecule has 0 radical (unpaired) electrons. The van der Waals surface area contributed by atoms with Crippen molar-refractivity contribution in [1.29, 1.82) is 0 Å². The van der Waals surface area contributed by atoms with Crippen LogP contribution in [0.4, 0.5) is 14.5 Å². The number of fused-ring (bicyclic) bond motifs is 4. The fourth-order valence-electron chi connectivity index (χ4n) is 4.53. The van der Waals surface area contributed by atoms with Crippen molar-refractivity contribution in [3.63, 3.8) is 0 Å². The highest BCUT2D eigenvalue weighted by Gasteiger charge is 2.33. The average Bonchev–Trinajstić information content (AvgIpc) is 3.41. The lowest BCUT2D eigenvalue weighted by molar-refractivity contribution is 0.0965. The van der Waals surface area contributed by atoms with Gasteiger partial charge in [0.05, 0.1) is 16.9 Å². The van der Waals surface area contributed by atoms with Gasteiger partial charge in [0.1, 0.15) is 35.2 Å². The van der Waals surface area contributed by atoms with Gasteiger partial charge in [-0.05, 0) is 42.0 Å². The van der Waals surface area contributed by atoms with Crippen LogP contribution in [0.3, 0.4) is 0 Å². The third kappa shape index (κ3) is 3.25. The van der Waals surface area contributed by atoms with Gasteiger partial charge in [-0.3, -0.25) is 9.36 Å². The molecule has 33 heavy (non-hydrogen) atoms. The monoisotopic (exact) mass is 446 g/mol. The fourth-order valence-corrected chi connectivity index (χ4v) is 4.53. The number of halogens is 2. The molecule has 0 unspecified atom stereocenters. The minimum atomic E-state index is -0.386. The van der Waals surface area contributed by atoms with Gasteiger partial charge in [0.25, 0.3) is 5.91 Å². The van der Waals surface area contributed by atoms with Gasteiger partial charge in [0.2, 0.25) is 0 Å². The number of rotatable bonds is 4. The second kappa shape index (κ2) is 7.67. The molecule has 6 rings (SSSR count). The Hall–Kier alpha value is -3.78. The first-order valence-electron chi connectivity index (χ1n) is 10.8. The van der Waals surface area contributed by atoms with Crippen LogP contribution < -0.4 is 15.0 Å². The predicted molar refractivity (Wildman–Crippen MR) is 121 cm³/mol. The van der Waals surface area contributed by atoms with E-state index in [0.29, 0.717) is 52.4 Å². The van der Waals surface area contributed by atoms with E-state index in [9.17, 15) is 9.18 Å². The zero-order valence-electron chi connectivity index (χ0n) is 17.6. The standard InChI is InChI=1S/C25H20F2N4O2/c26-16-5-3-15(4-6-16)14-33-24-17-12-18(27)21(30-10-7-28-8-11-30)13-19(17)29-23-20-2-1-9-31(20)25(32)22(23)24/h1-6,9,12-13,28H,7-8,10-11,14H2. The van der Waals surface area contributed by atoms with Crippen molar-refractivity contribution in [2.75, 3.05) is 31.1 Å². The second-order valence-corrected chi connectivity index (χ2v) is 8.21. The molecule has 0 aliphatic carbocycles. The summed E-state index contributed by atoms with van der Waals surface area (Å²) in [6.45, 7) is 3.06. The summed E-state index contributed by atoms with van der Waals surface area (Å²) in [5.74, 6) is -0.701. The van der Waals surface area contributed by atoms with Gasteiger partial charge in [-0.1, -0.05) is 12.1 Å². The molecule has 0 bridgehead atoms. The number of piperazine rings is 1. The molecule has 0 amide bonds. The van der Waals surface area contributed by atoms with E-state index in [1.54, 1.807) is 30.5 Å². The summed E-state index contributed by atoms with van der Waals surface area (Å²) in [4.78, 5) is 19.9. The number of benzene rings is 2. The quantitative estimate of drug-likeness (QED) is 0.453. The van der Waals surface area contributed by atoms with Crippen LogP contribution in [-0.2, 0) is 6.61 Å². The Bertz CT molecular complexity index is 1390. The summed E-state index contributed by atoms with van der Waals surface area (Å²) in [6.07, 6.45) is 1.68. The largest absolute Gasteiger partial charge is 0.487 e. The van der Waals surface area contributed by atoms with E-state index in [1.165, 1.54) is 22.8 Å². The minimum Gasteiger partial charge on any atom is -0.487 e. The molecule has 2 aliphatic heterocycles. The molecule has 4 aromatic rings. The van der Waals surface area contributed by atoms with Gasteiger partial charge in [0.15, 0.2) is 0 Å². The molecular weight excluding hydrogens is 426 g/mol. The van der Waals surface area contributed by atoms with Crippen molar-refractivity contribution < 1.29 is 18.3 Å². The highest BCUT2D eigenvalue weighted by molar-refractivity contribution is 6.14. The Kier molecular flexibility index (Phi) is 4.62. The Morgan fingerprint density at radius 2 is 1.85 bits per heavy atom. The maximum absolute atomic E-state index is 15.3. The second-order valence-electron chi connectivity index (χ2n) is 8.21. The molecule has 166 valence electrons. The summed E-state index contributed by atoms with van der Waals surface area (Å²) in [6, 6.07) is 12.7. The zero-order chi connectivity index (χ0) is 22.5. The topological polar surface area (TPSA) is 59.4 Å². The SMILES string of the molecule is O=C1c2c(nc3cc(N4CCNCC4)c(F)cc3c2OCc2ccc(F)cc2)-c2cccn21. The summed E-state index contributed by atoms with van der Waals surface area (Å²) in [5.41, 5.74) is 3.29. The number of hydrogen-bond donors (Lipinski definition) is 1. The molecular formula is C25H20F2N4O2. The van der Waals surface area contributed by atoms with E-state index in [1.807, 2.05) is 11.0 Å². The number of nitrogens with one attached hydrogen (secondary N) is 1. The smallest absolute Gasteiger partial charge is 0.268 e. The molecule has 4 heterocycles. The van der Waals surface area contributed by atoms with Crippen LogP contribution >= 0.6 is 0 Å². The van der Waals surface area contributed by atoms with Gasteiger partial charge in [-0.25, -0.2) is 13.8 Å². The van der Waals surface area contributed by atoms with E-state index in [-0.39, 0.29) is 24.1 Å². The first kappa shape index (κ1) is 19.9. The van der Waals surface area contributed by atoms with Crippen molar-refractivity contribution in [2.24, 2.45) is 0 Å². The van der Waals surface area contributed by atoms with Crippen LogP contribution in [0.2, 0.25) is 0 Å². The van der Waals surface area contributed by atoms with Crippen LogP contribution in [0.25, 0.3) is 22.3 Å². The van der Waals surface area contributed by atoms with Gasteiger partial charge < -0.3 is 15.0 Å². The van der Waals surface area contributed by atoms with Crippen LogP contribution in [0, 0.1) is 11.6 Å². The van der Waals surface area contributed by atoms with Crippen LogP contribution in [0.5, 0.6) is 5.75 Å². The lowest BCUT2D eigenvalue weighted by Gasteiger charge is -2.30. The van der Waals surface area contributed by atoms with E-state index in [2.05, 4.69) is 5.32 Å². The Labute approximate surface area is 188 Å². The molecule has 2 aromatic heterocycles. The number of hydrogen-bond acceptors (Lipinski definition) is 5. The summed E-state index contributed by atoms with van der Waals surface area (Å²) >= 11 is 0. The van der Waals surface area contributed by atoms with Gasteiger partial charge in [-0.2, -0.15) is 0 Å². The molecule has 1 saturated heterocycles. The van der Waals surface area contributed by atoms with E-state index < -0.39 is 0 Å². The van der Waals surface area contributed by atoms with Crippen molar-refractivity contribution in [3.8, 4) is 17.1 Å². The maximum atomic E-state index is 15.3. The average molecular weight is 446 g/mol. The lowest BCUT2D eigenvalue weighted by Crippen LogP contribution is -2.43. The predicted octanol–water partition coefficient (Wildman–Crippen LogP) is 3.97. The number of pyridine rings is 1. The van der Waals surface area contributed by atoms with Crippen LogP contribution in [0.1, 0.15) is 15.9 Å². The van der Waals surface area contributed by atoms with Crippen LogP contribution in [0.15, 0.2) is 54.7 Å². The molecule has 1 N–H and O–H groups in total. The van der Waals surface area contributed by atoms with Gasteiger partial charge in [-0.15, -0.1) is 0 Å². The number of aromatic nitrogens is 2. The van der Waals surface area contributed by atoms with Crippen molar-refractivity contribution in [3.05, 3.63) is 77.5 Å². The fraction of sp³-hybridized carbons (Fsp3) is 0.200. The summed E-state index contributed by atoms with van der Waals surface area (Å²) in [5, 5.41) is 3.71. The molecule has 2 aromatic carbocycles. The number of nitrogens with zero attached hydrogens (tertiary/aromatic N) is 3. The van der Waals surface area contributed by atoms with E-state index >= 15 is 4.39 Å². The molecule has 1 fully saturated rings. The van der Waals surface area contributed by atoms with Gasteiger partial charge >= 0.3 is 0 Å². The minimum absolute atomic E-state index is 0.106. The van der Waals surface area contributed by atoms with E-state index in [4.69, 9.17) is 9.72 Å². The molecule has 0 saturated carbocycles. The number of ether oxygens (including phenoxy) is 1. The van der Waals surface area contributed by atoms with Crippen molar-refractivity contribution >= 4 is 22.5 Å². The van der Waals surface area contributed by atoms with Gasteiger partial charge in [0, 0.05) is 37.8 Å². The number of carbonyl (C=O) groups excluding carboxylic acids is 1. The summed E-state index contributed by atoms with van der Waals surface area (Å²) in [7, 11) is 0. The molecule has 8 heteroatoms. The molecule has 0 spiro atoms. The molecule has 6 nitrogen and oxygen atoms in total. The highest BCUT2D eigenvalue weighted by atomic mass is 19.1. The van der Waals surface area contributed by atoms with E-state index in [0.717, 1.165) is 18.7 Å². The Morgan fingerprint density at radius 3 is 2.64 bits per heavy atom. The first-order chi connectivity index (χ1) is 16.1. The third-order valence-corrected chi connectivity index (χ3v) is 6.18.